The number of primary amides is 1. The van der Waals surface area contributed by atoms with Crippen LogP contribution in [0.2, 0.25) is 0 Å². The smallest absolute Gasteiger partial charge is 0.251 e. The lowest BCUT2D eigenvalue weighted by atomic mass is 10.2. The van der Waals surface area contributed by atoms with E-state index >= 15 is 0 Å². The lowest BCUT2D eigenvalue weighted by Gasteiger charge is -2.12. The van der Waals surface area contributed by atoms with E-state index in [2.05, 4.69) is 15.6 Å². The summed E-state index contributed by atoms with van der Waals surface area (Å²) in [7, 11) is 0. The van der Waals surface area contributed by atoms with Crippen molar-refractivity contribution in [2.24, 2.45) is 5.73 Å². The van der Waals surface area contributed by atoms with E-state index in [1.807, 2.05) is 6.92 Å². The van der Waals surface area contributed by atoms with Crippen LogP contribution in [0.5, 0.6) is 0 Å². The van der Waals surface area contributed by atoms with Gasteiger partial charge in [0.05, 0.1) is 0 Å². The molecule has 1 atom stereocenters. The topological polar surface area (TPSA) is 97.1 Å². The molecular formula is C12H18N4O2. The quantitative estimate of drug-likeness (QED) is 0.685. The average Bonchev–Trinajstić information content (AvgIpc) is 2.28. The largest absolute Gasteiger partial charge is 0.370 e. The number of nitrogens with two attached hydrogens (primary N) is 1. The Morgan fingerprint density at radius 2 is 2.22 bits per heavy atom. The van der Waals surface area contributed by atoms with E-state index in [0.29, 0.717) is 11.4 Å². The molecule has 0 bridgehead atoms. The molecule has 0 aliphatic heterocycles. The maximum atomic E-state index is 11.9. The molecule has 0 aromatic carbocycles. The molecule has 1 aromatic rings. The molecule has 1 rings (SSSR count). The number of hydrogen-bond donors (Lipinski definition) is 3. The van der Waals surface area contributed by atoms with E-state index in [9.17, 15) is 9.59 Å². The minimum atomic E-state index is -0.439. The summed E-state index contributed by atoms with van der Waals surface area (Å²) in [4.78, 5) is 26.7. The van der Waals surface area contributed by atoms with Crippen molar-refractivity contribution in [2.45, 2.75) is 26.3 Å². The van der Waals surface area contributed by atoms with Crippen LogP contribution >= 0.6 is 0 Å². The number of carbonyl (C=O) groups excluding carboxylic acids is 2. The van der Waals surface area contributed by atoms with Crippen molar-refractivity contribution in [2.75, 3.05) is 11.9 Å². The molecule has 0 spiro atoms. The minimum absolute atomic E-state index is 0.122. The monoisotopic (exact) mass is 250 g/mol. The molecule has 1 unspecified atom stereocenters. The van der Waals surface area contributed by atoms with E-state index in [-0.39, 0.29) is 18.4 Å². The van der Waals surface area contributed by atoms with Gasteiger partial charge in [0.15, 0.2) is 0 Å². The van der Waals surface area contributed by atoms with Crippen LogP contribution in [0.25, 0.3) is 0 Å². The van der Waals surface area contributed by atoms with Gasteiger partial charge in [0.2, 0.25) is 5.91 Å². The van der Waals surface area contributed by atoms with E-state index in [0.717, 1.165) is 6.54 Å². The van der Waals surface area contributed by atoms with Crippen molar-refractivity contribution in [3.05, 3.63) is 23.9 Å². The number of nitrogens with one attached hydrogen (secondary N) is 2. The summed E-state index contributed by atoms with van der Waals surface area (Å²) in [5.74, 6) is -0.0381. The fraction of sp³-hybridized carbons (Fsp3) is 0.417. The molecule has 0 radical (unpaired) electrons. The molecule has 0 fully saturated rings. The summed E-state index contributed by atoms with van der Waals surface area (Å²) in [5, 5.41) is 5.72. The highest BCUT2D eigenvalue weighted by molar-refractivity contribution is 5.95. The molecule has 6 heteroatoms. The number of anilines is 1. The number of nitrogens with zero attached hydrogens (tertiary/aromatic N) is 1. The Kier molecular flexibility index (Phi) is 5.10. The molecule has 2 amide bonds. The maximum Gasteiger partial charge on any atom is 0.251 e. The third-order valence-corrected chi connectivity index (χ3v) is 2.26. The molecule has 0 saturated carbocycles. The highest BCUT2D eigenvalue weighted by Gasteiger charge is 2.12. The van der Waals surface area contributed by atoms with Crippen molar-refractivity contribution < 1.29 is 9.59 Å². The van der Waals surface area contributed by atoms with Gasteiger partial charge >= 0.3 is 0 Å². The number of pyridine rings is 1. The predicted molar refractivity (Wildman–Crippen MR) is 69.1 cm³/mol. The first-order valence-corrected chi connectivity index (χ1v) is 5.82. The van der Waals surface area contributed by atoms with Gasteiger partial charge in [0, 0.05) is 30.8 Å². The zero-order chi connectivity index (χ0) is 13.5. The van der Waals surface area contributed by atoms with Gasteiger partial charge < -0.3 is 16.4 Å². The Bertz CT molecular complexity index is 434. The SMILES string of the molecule is CCNc1cc(C(=O)NC(C)CC(N)=O)ccn1. The van der Waals surface area contributed by atoms with Crippen molar-refractivity contribution in [3.63, 3.8) is 0 Å². The standard InChI is InChI=1S/C12H18N4O2/c1-3-14-11-7-9(4-5-15-11)12(18)16-8(2)6-10(13)17/h4-5,7-8H,3,6H2,1-2H3,(H2,13,17)(H,14,15)(H,16,18). The Morgan fingerprint density at radius 3 is 2.83 bits per heavy atom. The van der Waals surface area contributed by atoms with Gasteiger partial charge in [-0.05, 0) is 26.0 Å². The highest BCUT2D eigenvalue weighted by atomic mass is 16.2. The first-order valence-electron chi connectivity index (χ1n) is 5.82. The van der Waals surface area contributed by atoms with E-state index < -0.39 is 5.91 Å². The van der Waals surface area contributed by atoms with Crippen LogP contribution in [0.15, 0.2) is 18.3 Å². The molecule has 0 aliphatic rings. The van der Waals surface area contributed by atoms with Crippen LogP contribution in [0.4, 0.5) is 5.82 Å². The van der Waals surface area contributed by atoms with Crippen molar-refractivity contribution in [1.82, 2.24) is 10.3 Å². The summed E-state index contributed by atoms with van der Waals surface area (Å²) in [5.41, 5.74) is 5.56. The first kappa shape index (κ1) is 14.0. The molecule has 98 valence electrons. The fourth-order valence-corrected chi connectivity index (χ4v) is 1.51. The number of hydrogen-bond acceptors (Lipinski definition) is 4. The van der Waals surface area contributed by atoms with Gasteiger partial charge in [0.1, 0.15) is 5.82 Å². The van der Waals surface area contributed by atoms with Gasteiger partial charge in [0.25, 0.3) is 5.91 Å². The lowest BCUT2D eigenvalue weighted by molar-refractivity contribution is -0.118. The van der Waals surface area contributed by atoms with Crippen LogP contribution in [0.3, 0.4) is 0 Å². The van der Waals surface area contributed by atoms with Crippen LogP contribution in [-0.4, -0.2) is 29.4 Å². The molecule has 4 N–H and O–H groups in total. The molecule has 0 saturated heterocycles. The van der Waals surface area contributed by atoms with E-state index in [4.69, 9.17) is 5.73 Å². The van der Waals surface area contributed by atoms with Crippen LogP contribution < -0.4 is 16.4 Å². The minimum Gasteiger partial charge on any atom is -0.370 e. The molecule has 0 aliphatic carbocycles. The van der Waals surface area contributed by atoms with Gasteiger partial charge in [-0.25, -0.2) is 4.98 Å². The van der Waals surface area contributed by atoms with Crippen molar-refractivity contribution in [1.29, 1.82) is 0 Å². The number of rotatable bonds is 6. The van der Waals surface area contributed by atoms with Gasteiger partial charge in [-0.2, -0.15) is 0 Å². The van der Waals surface area contributed by atoms with E-state index in [1.165, 1.54) is 0 Å². The summed E-state index contributed by atoms with van der Waals surface area (Å²) < 4.78 is 0. The van der Waals surface area contributed by atoms with Gasteiger partial charge in [-0.1, -0.05) is 0 Å². The van der Waals surface area contributed by atoms with Gasteiger partial charge in [-0.15, -0.1) is 0 Å². The third-order valence-electron chi connectivity index (χ3n) is 2.26. The van der Waals surface area contributed by atoms with E-state index in [1.54, 1.807) is 25.3 Å². The second kappa shape index (κ2) is 6.58. The Hall–Kier alpha value is -2.11. The Balaban J connectivity index is 2.66. The van der Waals surface area contributed by atoms with Crippen molar-refractivity contribution >= 4 is 17.6 Å². The zero-order valence-corrected chi connectivity index (χ0v) is 10.6. The summed E-state index contributed by atoms with van der Waals surface area (Å²) in [6.07, 6.45) is 1.68. The summed E-state index contributed by atoms with van der Waals surface area (Å²) >= 11 is 0. The molecule has 1 heterocycles. The Morgan fingerprint density at radius 1 is 1.50 bits per heavy atom. The predicted octanol–water partition coefficient (Wildman–Crippen LogP) is 0.507. The molecule has 1 aromatic heterocycles. The molecule has 6 nitrogen and oxygen atoms in total. The van der Waals surface area contributed by atoms with Crippen LogP contribution in [-0.2, 0) is 4.79 Å². The lowest BCUT2D eigenvalue weighted by Crippen LogP contribution is -2.35. The van der Waals surface area contributed by atoms with Crippen LogP contribution in [0.1, 0.15) is 30.6 Å². The fourth-order valence-electron chi connectivity index (χ4n) is 1.51. The second-order valence-corrected chi connectivity index (χ2v) is 4.01. The maximum absolute atomic E-state index is 11.9. The average molecular weight is 250 g/mol. The number of amides is 2. The van der Waals surface area contributed by atoms with Crippen molar-refractivity contribution in [3.8, 4) is 0 Å². The van der Waals surface area contributed by atoms with Crippen LogP contribution in [0, 0.1) is 0 Å². The zero-order valence-electron chi connectivity index (χ0n) is 10.6. The van der Waals surface area contributed by atoms with Gasteiger partial charge in [-0.3, -0.25) is 9.59 Å². The first-order chi connectivity index (χ1) is 8.52. The second-order valence-electron chi connectivity index (χ2n) is 4.01. The molecular weight excluding hydrogens is 232 g/mol. The number of aromatic nitrogens is 1. The highest BCUT2D eigenvalue weighted by Crippen LogP contribution is 2.07. The Labute approximate surface area is 106 Å². The summed E-state index contributed by atoms with van der Waals surface area (Å²) in [6, 6.07) is 2.99. The normalized spacial score (nSPS) is 11.7. The summed E-state index contributed by atoms with van der Waals surface area (Å²) in [6.45, 7) is 4.41. The molecule has 18 heavy (non-hydrogen) atoms. The third kappa shape index (κ3) is 4.40. The number of carbonyl (C=O) groups is 2.